The van der Waals surface area contributed by atoms with Gasteiger partial charge in [-0.3, -0.25) is 4.79 Å². The highest BCUT2D eigenvalue weighted by Gasteiger charge is 2.08. The first-order valence-corrected chi connectivity index (χ1v) is 4.73. The van der Waals surface area contributed by atoms with Crippen molar-refractivity contribution in [3.05, 3.63) is 26.3 Å². The molecule has 1 aromatic carbocycles. The zero-order chi connectivity index (χ0) is 9.30. The quantitative estimate of drug-likeness (QED) is 0.492. The standard InChI is InChI=1S/C8H7ClINO/c1-4(12)6-2-5(9)3-7(10)8(6)11/h2-3H,11H2,1H3. The molecule has 0 fully saturated rings. The van der Waals surface area contributed by atoms with Crippen molar-refractivity contribution in [2.45, 2.75) is 6.92 Å². The van der Waals surface area contributed by atoms with E-state index in [0.717, 1.165) is 3.57 Å². The van der Waals surface area contributed by atoms with Gasteiger partial charge >= 0.3 is 0 Å². The van der Waals surface area contributed by atoms with Crippen LogP contribution in [-0.4, -0.2) is 5.78 Å². The predicted octanol–water partition coefficient (Wildman–Crippen LogP) is 2.73. The van der Waals surface area contributed by atoms with Gasteiger partial charge in [0.25, 0.3) is 0 Å². The molecule has 2 nitrogen and oxygen atoms in total. The van der Waals surface area contributed by atoms with Crippen molar-refractivity contribution in [1.82, 2.24) is 0 Å². The molecule has 0 aliphatic heterocycles. The molecule has 0 aliphatic rings. The molecule has 0 unspecified atom stereocenters. The number of hydrogen-bond acceptors (Lipinski definition) is 2. The van der Waals surface area contributed by atoms with Crippen LogP contribution in [0.4, 0.5) is 5.69 Å². The van der Waals surface area contributed by atoms with Gasteiger partial charge in [0.05, 0.1) is 5.69 Å². The van der Waals surface area contributed by atoms with Crippen LogP contribution in [0, 0.1) is 3.57 Å². The molecule has 0 saturated heterocycles. The van der Waals surface area contributed by atoms with Crippen LogP contribution in [0.15, 0.2) is 12.1 Å². The summed E-state index contributed by atoms with van der Waals surface area (Å²) in [6.07, 6.45) is 0. The minimum Gasteiger partial charge on any atom is -0.397 e. The highest BCUT2D eigenvalue weighted by atomic mass is 127. The normalized spacial score (nSPS) is 9.92. The summed E-state index contributed by atoms with van der Waals surface area (Å²) in [6, 6.07) is 3.31. The molecule has 0 spiro atoms. The van der Waals surface area contributed by atoms with Crippen LogP contribution in [0.2, 0.25) is 5.02 Å². The molecule has 4 heteroatoms. The molecule has 0 aliphatic carbocycles. The maximum atomic E-state index is 11.0. The Hall–Kier alpha value is -0.290. The fraction of sp³-hybridized carbons (Fsp3) is 0.125. The molecule has 0 heterocycles. The van der Waals surface area contributed by atoms with E-state index in [2.05, 4.69) is 0 Å². The van der Waals surface area contributed by atoms with Crippen molar-refractivity contribution in [1.29, 1.82) is 0 Å². The second-order valence-corrected chi connectivity index (χ2v) is 4.00. The van der Waals surface area contributed by atoms with Gasteiger partial charge < -0.3 is 5.73 Å². The van der Waals surface area contributed by atoms with Gasteiger partial charge in [-0.05, 0) is 41.6 Å². The Labute approximate surface area is 89.2 Å². The Morgan fingerprint density at radius 3 is 2.67 bits per heavy atom. The van der Waals surface area contributed by atoms with Crippen molar-refractivity contribution in [3.63, 3.8) is 0 Å². The zero-order valence-corrected chi connectivity index (χ0v) is 9.31. The molecule has 2 N–H and O–H groups in total. The summed E-state index contributed by atoms with van der Waals surface area (Å²) in [5, 5.41) is 0.541. The van der Waals surface area contributed by atoms with E-state index in [-0.39, 0.29) is 5.78 Å². The van der Waals surface area contributed by atoms with Crippen LogP contribution >= 0.6 is 34.2 Å². The van der Waals surface area contributed by atoms with Crippen molar-refractivity contribution >= 4 is 45.7 Å². The van der Waals surface area contributed by atoms with Crippen molar-refractivity contribution < 1.29 is 4.79 Å². The maximum Gasteiger partial charge on any atom is 0.161 e. The number of nitrogen functional groups attached to an aromatic ring is 1. The summed E-state index contributed by atoms with van der Waals surface area (Å²) in [5.74, 6) is -0.0621. The van der Waals surface area contributed by atoms with Crippen LogP contribution in [-0.2, 0) is 0 Å². The number of hydrogen-bond donors (Lipinski definition) is 1. The Balaban J connectivity index is 3.37. The molecule has 64 valence electrons. The number of nitrogens with two attached hydrogens (primary N) is 1. The van der Waals surface area contributed by atoms with E-state index in [1.807, 2.05) is 22.6 Å². The average Bonchev–Trinajstić information content (AvgIpc) is 1.96. The van der Waals surface area contributed by atoms with Gasteiger partial charge in [-0.15, -0.1) is 0 Å². The fourth-order valence-electron chi connectivity index (χ4n) is 0.876. The number of carbonyl (C=O) groups is 1. The highest BCUT2D eigenvalue weighted by molar-refractivity contribution is 14.1. The number of halogens is 2. The maximum absolute atomic E-state index is 11.0. The van der Waals surface area contributed by atoms with Gasteiger partial charge in [0.15, 0.2) is 5.78 Å². The minimum atomic E-state index is -0.0621. The lowest BCUT2D eigenvalue weighted by molar-refractivity contribution is 0.101. The average molecular weight is 296 g/mol. The second-order valence-electron chi connectivity index (χ2n) is 2.41. The SMILES string of the molecule is CC(=O)c1cc(Cl)cc(I)c1N. The van der Waals surface area contributed by atoms with E-state index < -0.39 is 0 Å². The van der Waals surface area contributed by atoms with E-state index in [9.17, 15) is 4.79 Å². The monoisotopic (exact) mass is 295 g/mol. The number of benzene rings is 1. The first-order valence-electron chi connectivity index (χ1n) is 3.28. The second kappa shape index (κ2) is 3.62. The number of carbonyl (C=O) groups excluding carboxylic acids is 1. The van der Waals surface area contributed by atoms with Crippen LogP contribution in [0.5, 0.6) is 0 Å². The van der Waals surface area contributed by atoms with Gasteiger partial charge in [-0.1, -0.05) is 11.6 Å². The summed E-state index contributed by atoms with van der Waals surface area (Å²) in [6.45, 7) is 1.47. The Kier molecular flexibility index (Phi) is 2.95. The van der Waals surface area contributed by atoms with Crippen LogP contribution < -0.4 is 5.73 Å². The number of anilines is 1. The predicted molar refractivity (Wildman–Crippen MR) is 58.6 cm³/mol. The van der Waals surface area contributed by atoms with Gasteiger partial charge in [0, 0.05) is 14.2 Å². The van der Waals surface area contributed by atoms with Gasteiger partial charge in [0.2, 0.25) is 0 Å². The van der Waals surface area contributed by atoms with E-state index in [0.29, 0.717) is 16.3 Å². The smallest absolute Gasteiger partial charge is 0.161 e. The zero-order valence-electron chi connectivity index (χ0n) is 6.40. The third-order valence-corrected chi connectivity index (χ3v) is 2.58. The largest absolute Gasteiger partial charge is 0.397 e. The lowest BCUT2D eigenvalue weighted by atomic mass is 10.1. The summed E-state index contributed by atoms with van der Waals surface area (Å²) >= 11 is 7.80. The van der Waals surface area contributed by atoms with Crippen molar-refractivity contribution in [3.8, 4) is 0 Å². The van der Waals surface area contributed by atoms with Crippen molar-refractivity contribution in [2.75, 3.05) is 5.73 Å². The van der Waals surface area contributed by atoms with E-state index >= 15 is 0 Å². The number of Topliss-reactive ketones (excluding diaryl/α,β-unsaturated/α-hetero) is 1. The molecular formula is C8H7ClINO. The summed E-state index contributed by atoms with van der Waals surface area (Å²) < 4.78 is 0.810. The lowest BCUT2D eigenvalue weighted by Gasteiger charge is -2.04. The Bertz CT molecular complexity index is 338. The van der Waals surface area contributed by atoms with Gasteiger partial charge in [-0.2, -0.15) is 0 Å². The topological polar surface area (TPSA) is 43.1 Å². The van der Waals surface area contributed by atoms with E-state index in [1.165, 1.54) is 6.92 Å². The molecule has 0 saturated carbocycles. The fourth-order valence-corrected chi connectivity index (χ4v) is 1.90. The molecule has 1 rings (SSSR count). The molecule has 12 heavy (non-hydrogen) atoms. The highest BCUT2D eigenvalue weighted by Crippen LogP contribution is 2.24. The summed E-state index contributed by atoms with van der Waals surface area (Å²) in [5.41, 5.74) is 6.66. The molecular weight excluding hydrogens is 288 g/mol. The minimum absolute atomic E-state index is 0.0621. The first-order chi connectivity index (χ1) is 5.52. The lowest BCUT2D eigenvalue weighted by Crippen LogP contribution is -2.01. The van der Waals surface area contributed by atoms with E-state index in [4.69, 9.17) is 17.3 Å². The van der Waals surface area contributed by atoms with Crippen LogP contribution in [0.1, 0.15) is 17.3 Å². The Morgan fingerprint density at radius 1 is 1.58 bits per heavy atom. The molecule has 0 atom stereocenters. The summed E-state index contributed by atoms with van der Waals surface area (Å²) in [7, 11) is 0. The third-order valence-electron chi connectivity index (χ3n) is 1.47. The molecule has 0 bridgehead atoms. The van der Waals surface area contributed by atoms with Gasteiger partial charge in [0.1, 0.15) is 0 Å². The third kappa shape index (κ3) is 1.90. The number of rotatable bonds is 1. The molecule has 0 aromatic heterocycles. The van der Waals surface area contributed by atoms with Crippen LogP contribution in [0.25, 0.3) is 0 Å². The number of ketones is 1. The van der Waals surface area contributed by atoms with E-state index in [1.54, 1.807) is 12.1 Å². The van der Waals surface area contributed by atoms with Crippen LogP contribution in [0.3, 0.4) is 0 Å². The molecule has 1 aromatic rings. The first kappa shape index (κ1) is 9.80. The molecule has 0 amide bonds. The van der Waals surface area contributed by atoms with Crippen molar-refractivity contribution in [2.24, 2.45) is 0 Å². The molecule has 0 radical (unpaired) electrons. The Morgan fingerprint density at radius 2 is 2.17 bits per heavy atom. The summed E-state index contributed by atoms with van der Waals surface area (Å²) in [4.78, 5) is 11.0. The van der Waals surface area contributed by atoms with Gasteiger partial charge in [-0.25, -0.2) is 0 Å².